The van der Waals surface area contributed by atoms with E-state index in [-0.39, 0.29) is 6.42 Å². The van der Waals surface area contributed by atoms with Crippen LogP contribution in [0.25, 0.3) is 11.0 Å². The van der Waals surface area contributed by atoms with Crippen LogP contribution in [0.5, 0.6) is 0 Å². The van der Waals surface area contributed by atoms with Crippen molar-refractivity contribution in [3.05, 3.63) is 36.1 Å². The third-order valence-electron chi connectivity index (χ3n) is 4.23. The molecular formula is C17H21NO3. The summed E-state index contributed by atoms with van der Waals surface area (Å²) in [7, 11) is 0. The molecule has 1 unspecified atom stereocenters. The maximum absolute atomic E-state index is 10.7. The van der Waals surface area contributed by atoms with Crippen molar-refractivity contribution in [2.75, 3.05) is 13.1 Å². The molecule has 4 heteroatoms. The number of benzene rings is 1. The molecule has 4 nitrogen and oxygen atoms in total. The smallest absolute Gasteiger partial charge is 0.303 e. The number of rotatable bonds is 5. The van der Waals surface area contributed by atoms with Crippen molar-refractivity contribution in [1.29, 1.82) is 0 Å². The second-order valence-electron chi connectivity index (χ2n) is 5.93. The monoisotopic (exact) mass is 287 g/mol. The Balaban J connectivity index is 1.60. The lowest BCUT2D eigenvalue weighted by Crippen LogP contribution is -2.35. The summed E-state index contributed by atoms with van der Waals surface area (Å²) in [5.74, 6) is 0.804. The molecule has 1 aromatic carbocycles. The van der Waals surface area contributed by atoms with E-state index >= 15 is 0 Å². The second kappa shape index (κ2) is 6.31. The summed E-state index contributed by atoms with van der Waals surface area (Å²) in [4.78, 5) is 13.1. The molecule has 2 heterocycles. The molecule has 1 N–H and O–H groups in total. The number of aliphatic carboxylic acids is 1. The summed E-state index contributed by atoms with van der Waals surface area (Å²) in [6, 6.07) is 10.2. The van der Waals surface area contributed by atoms with Crippen molar-refractivity contribution in [2.24, 2.45) is 5.92 Å². The molecule has 0 amide bonds. The van der Waals surface area contributed by atoms with E-state index in [0.29, 0.717) is 5.92 Å². The molecule has 2 aromatic rings. The van der Waals surface area contributed by atoms with Gasteiger partial charge in [0, 0.05) is 18.4 Å². The third kappa shape index (κ3) is 3.64. The van der Waals surface area contributed by atoms with Crippen LogP contribution in [0.15, 0.2) is 34.7 Å². The van der Waals surface area contributed by atoms with Crippen molar-refractivity contribution in [3.8, 4) is 0 Å². The van der Waals surface area contributed by atoms with Crippen LogP contribution < -0.4 is 0 Å². The minimum absolute atomic E-state index is 0.281. The van der Waals surface area contributed by atoms with Gasteiger partial charge in [-0.3, -0.25) is 9.69 Å². The minimum atomic E-state index is -0.690. The normalized spacial score (nSPS) is 19.9. The van der Waals surface area contributed by atoms with Crippen molar-refractivity contribution in [3.63, 3.8) is 0 Å². The molecule has 0 aliphatic carbocycles. The standard InChI is InChI=1S/C17H21NO3/c19-17(20)8-7-13-4-3-9-18(11-13)12-15-10-14-5-1-2-6-16(14)21-15/h1-2,5-6,10,13H,3-4,7-9,11-12H2,(H,19,20). The fourth-order valence-electron chi connectivity index (χ4n) is 3.19. The molecule has 1 atom stereocenters. The molecule has 0 saturated carbocycles. The second-order valence-corrected chi connectivity index (χ2v) is 5.93. The van der Waals surface area contributed by atoms with Gasteiger partial charge in [0.2, 0.25) is 0 Å². The van der Waals surface area contributed by atoms with Gasteiger partial charge in [0.05, 0.1) is 6.54 Å². The average Bonchev–Trinajstić information content (AvgIpc) is 2.87. The Bertz CT molecular complexity index is 586. The van der Waals surface area contributed by atoms with Gasteiger partial charge in [-0.2, -0.15) is 0 Å². The van der Waals surface area contributed by atoms with Crippen LogP contribution in [0, 0.1) is 5.92 Å². The molecule has 1 fully saturated rings. The summed E-state index contributed by atoms with van der Waals surface area (Å²) >= 11 is 0. The van der Waals surface area contributed by atoms with E-state index in [1.807, 2.05) is 18.2 Å². The van der Waals surface area contributed by atoms with Crippen molar-refractivity contribution >= 4 is 16.9 Å². The Hall–Kier alpha value is -1.81. The van der Waals surface area contributed by atoms with Crippen LogP contribution >= 0.6 is 0 Å². The lowest BCUT2D eigenvalue weighted by atomic mass is 9.93. The summed E-state index contributed by atoms with van der Waals surface area (Å²) in [6.45, 7) is 2.86. The number of para-hydroxylation sites is 1. The highest BCUT2D eigenvalue weighted by molar-refractivity contribution is 5.77. The Morgan fingerprint density at radius 2 is 2.24 bits per heavy atom. The number of carboxylic acids is 1. The van der Waals surface area contributed by atoms with E-state index in [9.17, 15) is 4.79 Å². The summed E-state index contributed by atoms with van der Waals surface area (Å²) < 4.78 is 5.87. The van der Waals surface area contributed by atoms with Crippen molar-refractivity contribution in [1.82, 2.24) is 4.90 Å². The lowest BCUT2D eigenvalue weighted by Gasteiger charge is -2.31. The van der Waals surface area contributed by atoms with Gasteiger partial charge in [0.15, 0.2) is 0 Å². The topological polar surface area (TPSA) is 53.7 Å². The first-order valence-electron chi connectivity index (χ1n) is 7.62. The largest absolute Gasteiger partial charge is 0.481 e. The van der Waals surface area contributed by atoms with Gasteiger partial charge < -0.3 is 9.52 Å². The Kier molecular flexibility index (Phi) is 4.25. The van der Waals surface area contributed by atoms with Gasteiger partial charge >= 0.3 is 5.97 Å². The maximum Gasteiger partial charge on any atom is 0.303 e. The first-order chi connectivity index (χ1) is 10.2. The molecule has 0 radical (unpaired) electrons. The average molecular weight is 287 g/mol. The highest BCUT2D eigenvalue weighted by Gasteiger charge is 2.21. The van der Waals surface area contributed by atoms with Crippen molar-refractivity contribution < 1.29 is 14.3 Å². The number of nitrogens with zero attached hydrogens (tertiary/aromatic N) is 1. The zero-order valence-corrected chi connectivity index (χ0v) is 12.1. The molecular weight excluding hydrogens is 266 g/mol. The number of hydrogen-bond acceptors (Lipinski definition) is 3. The van der Waals surface area contributed by atoms with Crippen LogP contribution in [0.1, 0.15) is 31.4 Å². The van der Waals surface area contributed by atoms with Crippen molar-refractivity contribution in [2.45, 2.75) is 32.2 Å². The summed E-state index contributed by atoms with van der Waals surface area (Å²) in [5.41, 5.74) is 0.937. The lowest BCUT2D eigenvalue weighted by molar-refractivity contribution is -0.137. The first kappa shape index (κ1) is 14.1. The number of fused-ring (bicyclic) bond motifs is 1. The molecule has 0 bridgehead atoms. The molecule has 0 spiro atoms. The highest BCUT2D eigenvalue weighted by Crippen LogP contribution is 2.25. The number of hydrogen-bond donors (Lipinski definition) is 1. The molecule has 21 heavy (non-hydrogen) atoms. The van der Waals surface area contributed by atoms with E-state index < -0.39 is 5.97 Å². The molecule has 3 rings (SSSR count). The Labute approximate surface area is 124 Å². The van der Waals surface area contributed by atoms with Crippen LogP contribution in [0.4, 0.5) is 0 Å². The van der Waals surface area contributed by atoms with E-state index in [1.54, 1.807) is 0 Å². The third-order valence-corrected chi connectivity index (χ3v) is 4.23. The van der Waals surface area contributed by atoms with Gasteiger partial charge in [-0.05, 0) is 43.9 Å². The summed E-state index contributed by atoms with van der Waals surface area (Å²) in [6.07, 6.45) is 3.35. The number of carbonyl (C=O) groups is 1. The number of carboxylic acid groups (broad SMARTS) is 1. The fourth-order valence-corrected chi connectivity index (χ4v) is 3.19. The molecule has 1 saturated heterocycles. The van der Waals surface area contributed by atoms with E-state index in [4.69, 9.17) is 9.52 Å². The molecule has 1 aliphatic rings. The zero-order valence-electron chi connectivity index (χ0n) is 12.1. The van der Waals surface area contributed by atoms with Crippen LogP contribution in [-0.2, 0) is 11.3 Å². The zero-order chi connectivity index (χ0) is 14.7. The van der Waals surface area contributed by atoms with E-state index in [2.05, 4.69) is 17.0 Å². The molecule has 1 aliphatic heterocycles. The van der Waals surface area contributed by atoms with E-state index in [1.165, 1.54) is 0 Å². The highest BCUT2D eigenvalue weighted by atomic mass is 16.4. The summed E-state index contributed by atoms with van der Waals surface area (Å²) in [5, 5.41) is 9.94. The van der Waals surface area contributed by atoms with Gasteiger partial charge in [-0.1, -0.05) is 18.2 Å². The Morgan fingerprint density at radius 1 is 1.38 bits per heavy atom. The Morgan fingerprint density at radius 3 is 3.05 bits per heavy atom. The molecule has 1 aromatic heterocycles. The minimum Gasteiger partial charge on any atom is -0.481 e. The first-order valence-corrected chi connectivity index (χ1v) is 7.62. The van der Waals surface area contributed by atoms with Crippen LogP contribution in [-0.4, -0.2) is 29.1 Å². The van der Waals surface area contributed by atoms with Crippen LogP contribution in [0.3, 0.4) is 0 Å². The number of furan rings is 1. The predicted molar refractivity (Wildman–Crippen MR) is 81.1 cm³/mol. The van der Waals surface area contributed by atoms with Crippen LogP contribution in [0.2, 0.25) is 0 Å². The number of likely N-dealkylation sites (tertiary alicyclic amines) is 1. The van der Waals surface area contributed by atoms with Gasteiger partial charge in [-0.15, -0.1) is 0 Å². The van der Waals surface area contributed by atoms with Gasteiger partial charge in [-0.25, -0.2) is 0 Å². The maximum atomic E-state index is 10.7. The molecule has 112 valence electrons. The quantitative estimate of drug-likeness (QED) is 0.914. The SMILES string of the molecule is O=C(O)CCC1CCCN(Cc2cc3ccccc3o2)C1. The predicted octanol–water partition coefficient (Wildman–Crippen LogP) is 3.51. The van der Waals surface area contributed by atoms with E-state index in [0.717, 1.165) is 55.6 Å². The van der Waals surface area contributed by atoms with Gasteiger partial charge in [0.1, 0.15) is 11.3 Å². The fraction of sp³-hybridized carbons (Fsp3) is 0.471. The number of piperidine rings is 1. The van der Waals surface area contributed by atoms with Gasteiger partial charge in [0.25, 0.3) is 0 Å².